The van der Waals surface area contributed by atoms with Crippen molar-refractivity contribution in [2.45, 2.75) is 24.9 Å². The summed E-state index contributed by atoms with van der Waals surface area (Å²) < 4.78 is 45.2. The van der Waals surface area contributed by atoms with Gasteiger partial charge in [0.15, 0.2) is 5.11 Å². The molecular weight excluding hydrogens is 379 g/mol. The molecule has 8 nitrogen and oxygen atoms in total. The van der Waals surface area contributed by atoms with Gasteiger partial charge in [-0.05, 0) is 24.7 Å². The molecule has 142 valence electrons. The maximum atomic E-state index is 13.5. The molecule has 0 aromatic heterocycles. The predicted molar refractivity (Wildman–Crippen MR) is 85.8 cm³/mol. The van der Waals surface area contributed by atoms with Crippen molar-refractivity contribution in [3.63, 3.8) is 0 Å². The number of nitro benzene ring substituents is 1. The third kappa shape index (κ3) is 3.55. The van der Waals surface area contributed by atoms with Gasteiger partial charge in [-0.1, -0.05) is 12.1 Å². The number of nitrogens with zero attached hydrogens (tertiary/aromatic N) is 1. The summed E-state index contributed by atoms with van der Waals surface area (Å²) in [6.07, 6.45) is -5.25. The SMILES string of the molecule is CCOC(=O)[C@H]1[C@H](c2ccc([N+](=O)[O-])cc2)NC(=S)N[C@@]1(O)C(F)(F)F. The van der Waals surface area contributed by atoms with Crippen LogP contribution in [0.5, 0.6) is 0 Å². The van der Waals surface area contributed by atoms with E-state index < -0.39 is 39.9 Å². The monoisotopic (exact) mass is 393 g/mol. The van der Waals surface area contributed by atoms with Gasteiger partial charge in [-0.3, -0.25) is 14.9 Å². The number of thiocarbonyl (C=S) groups is 1. The third-order valence-electron chi connectivity index (χ3n) is 3.81. The van der Waals surface area contributed by atoms with Crippen molar-refractivity contribution >= 4 is 29.0 Å². The number of alkyl halides is 3. The maximum Gasteiger partial charge on any atom is 0.437 e. The van der Waals surface area contributed by atoms with Crippen LogP contribution in [0.25, 0.3) is 0 Å². The summed E-state index contributed by atoms with van der Waals surface area (Å²) in [5.74, 6) is -3.45. The van der Waals surface area contributed by atoms with Gasteiger partial charge >= 0.3 is 12.1 Å². The number of carbonyl (C=O) groups excluding carboxylic acids is 1. The summed E-state index contributed by atoms with van der Waals surface area (Å²) in [5, 5.41) is 24.6. The number of nitrogens with one attached hydrogen (secondary N) is 2. The molecule has 3 atom stereocenters. The lowest BCUT2D eigenvalue weighted by Crippen LogP contribution is -2.73. The van der Waals surface area contributed by atoms with Gasteiger partial charge < -0.3 is 20.5 Å². The highest BCUT2D eigenvalue weighted by Crippen LogP contribution is 2.43. The molecule has 1 aromatic carbocycles. The maximum absolute atomic E-state index is 13.5. The number of nitro groups is 1. The highest BCUT2D eigenvalue weighted by Gasteiger charge is 2.66. The number of hydrogen-bond donors (Lipinski definition) is 3. The van der Waals surface area contributed by atoms with Crippen molar-refractivity contribution in [1.29, 1.82) is 0 Å². The molecule has 2 rings (SSSR count). The second kappa shape index (κ2) is 7.03. The Morgan fingerprint density at radius 3 is 2.46 bits per heavy atom. The van der Waals surface area contributed by atoms with Gasteiger partial charge in [-0.2, -0.15) is 13.2 Å². The van der Waals surface area contributed by atoms with Gasteiger partial charge in [0, 0.05) is 12.1 Å². The van der Waals surface area contributed by atoms with Crippen molar-refractivity contribution in [3.05, 3.63) is 39.9 Å². The molecule has 0 amide bonds. The predicted octanol–water partition coefficient (Wildman–Crippen LogP) is 1.54. The molecule has 12 heteroatoms. The van der Waals surface area contributed by atoms with Crippen LogP contribution in [0, 0.1) is 16.0 Å². The number of esters is 1. The highest BCUT2D eigenvalue weighted by atomic mass is 32.1. The Kier molecular flexibility index (Phi) is 5.37. The van der Waals surface area contributed by atoms with Gasteiger partial charge in [0.25, 0.3) is 11.4 Å². The fourth-order valence-corrected chi connectivity index (χ4v) is 2.90. The lowest BCUT2D eigenvalue weighted by atomic mass is 9.82. The second-order valence-electron chi connectivity index (χ2n) is 5.42. The van der Waals surface area contributed by atoms with E-state index in [1.165, 1.54) is 19.1 Å². The van der Waals surface area contributed by atoms with Crippen LogP contribution < -0.4 is 10.6 Å². The fourth-order valence-electron chi connectivity index (χ4n) is 2.62. The van der Waals surface area contributed by atoms with Gasteiger partial charge in [-0.25, -0.2) is 0 Å². The quantitative estimate of drug-likeness (QED) is 0.306. The molecule has 1 aromatic rings. The number of halogens is 3. The summed E-state index contributed by atoms with van der Waals surface area (Å²) in [6, 6.07) is 3.06. The summed E-state index contributed by atoms with van der Waals surface area (Å²) in [5.41, 5.74) is -3.88. The third-order valence-corrected chi connectivity index (χ3v) is 4.03. The van der Waals surface area contributed by atoms with E-state index in [-0.39, 0.29) is 17.9 Å². The van der Waals surface area contributed by atoms with E-state index in [1.807, 2.05) is 0 Å². The molecule has 1 aliphatic heterocycles. The zero-order valence-electron chi connectivity index (χ0n) is 13.2. The van der Waals surface area contributed by atoms with E-state index in [9.17, 15) is 33.2 Å². The van der Waals surface area contributed by atoms with Crippen LogP contribution in [-0.2, 0) is 9.53 Å². The van der Waals surface area contributed by atoms with Crippen LogP contribution in [0.15, 0.2) is 24.3 Å². The molecule has 1 heterocycles. The molecule has 26 heavy (non-hydrogen) atoms. The Hall–Kier alpha value is -2.47. The lowest BCUT2D eigenvalue weighted by Gasteiger charge is -2.45. The van der Waals surface area contributed by atoms with Crippen LogP contribution in [0.1, 0.15) is 18.5 Å². The lowest BCUT2D eigenvalue weighted by molar-refractivity contribution is -0.384. The largest absolute Gasteiger partial charge is 0.466 e. The number of hydrogen-bond acceptors (Lipinski definition) is 6. The van der Waals surface area contributed by atoms with Crippen LogP contribution >= 0.6 is 12.2 Å². The van der Waals surface area contributed by atoms with Crippen molar-refractivity contribution < 1.29 is 32.7 Å². The average molecular weight is 393 g/mol. The Bertz CT molecular complexity index is 728. The minimum Gasteiger partial charge on any atom is -0.466 e. The number of ether oxygens (including phenoxy) is 1. The first-order valence-corrected chi connectivity index (χ1v) is 7.71. The van der Waals surface area contributed by atoms with Gasteiger partial charge in [0.1, 0.15) is 5.92 Å². The van der Waals surface area contributed by atoms with Crippen LogP contribution in [0.3, 0.4) is 0 Å². The topological polar surface area (TPSA) is 114 Å². The Morgan fingerprint density at radius 2 is 2.00 bits per heavy atom. The summed E-state index contributed by atoms with van der Waals surface area (Å²) in [4.78, 5) is 22.3. The van der Waals surface area contributed by atoms with Crippen molar-refractivity contribution in [1.82, 2.24) is 10.6 Å². The molecule has 0 unspecified atom stereocenters. The van der Waals surface area contributed by atoms with E-state index in [0.717, 1.165) is 12.1 Å². The van der Waals surface area contributed by atoms with E-state index >= 15 is 0 Å². The molecular formula is C14H14F3N3O5S. The first-order valence-electron chi connectivity index (χ1n) is 7.30. The molecule has 0 aliphatic carbocycles. The first kappa shape index (κ1) is 19.8. The number of aliphatic hydroxyl groups is 1. The molecule has 0 saturated carbocycles. The standard InChI is InChI=1S/C14H14F3N3O5S/c1-2-25-11(21)9-10(7-3-5-8(6-4-7)20(23)24)18-12(26)19-13(9,22)14(15,16)17/h3-6,9-10,22H,2H2,1H3,(H2,18,19,26)/t9-,10+,13+/m1/s1. The second-order valence-corrected chi connectivity index (χ2v) is 5.83. The van der Waals surface area contributed by atoms with Crippen molar-refractivity contribution in [2.75, 3.05) is 6.61 Å². The molecule has 0 radical (unpaired) electrons. The molecule has 3 N–H and O–H groups in total. The number of benzene rings is 1. The van der Waals surface area contributed by atoms with Crippen LogP contribution in [0.4, 0.5) is 18.9 Å². The zero-order valence-corrected chi connectivity index (χ0v) is 14.1. The molecule has 0 bridgehead atoms. The summed E-state index contributed by atoms with van der Waals surface area (Å²) >= 11 is 4.73. The Balaban J connectivity index is 2.54. The van der Waals surface area contributed by atoms with Crippen LogP contribution in [0.2, 0.25) is 0 Å². The highest BCUT2D eigenvalue weighted by molar-refractivity contribution is 7.80. The molecule has 1 aliphatic rings. The normalized spacial score (nSPS) is 25.8. The fraction of sp³-hybridized carbons (Fsp3) is 0.429. The molecule has 1 fully saturated rings. The van der Waals surface area contributed by atoms with Crippen LogP contribution in [-0.4, -0.2) is 39.6 Å². The van der Waals surface area contributed by atoms with Crippen molar-refractivity contribution in [2.24, 2.45) is 5.92 Å². The Morgan fingerprint density at radius 1 is 1.42 bits per heavy atom. The average Bonchev–Trinajstić information content (AvgIpc) is 2.53. The minimum atomic E-state index is -5.25. The van der Waals surface area contributed by atoms with E-state index in [0.29, 0.717) is 0 Å². The molecule has 0 spiro atoms. The zero-order chi connectivity index (χ0) is 19.7. The van der Waals surface area contributed by atoms with E-state index in [4.69, 9.17) is 17.0 Å². The van der Waals surface area contributed by atoms with E-state index in [1.54, 1.807) is 5.32 Å². The number of non-ortho nitro benzene ring substituents is 1. The molecule has 1 saturated heterocycles. The number of rotatable bonds is 4. The smallest absolute Gasteiger partial charge is 0.437 e. The Labute approximate surface area is 150 Å². The minimum absolute atomic E-state index is 0.0835. The summed E-state index contributed by atoms with van der Waals surface area (Å²) in [6.45, 7) is 1.19. The first-order chi connectivity index (χ1) is 12.0. The van der Waals surface area contributed by atoms with Gasteiger partial charge in [0.05, 0.1) is 17.6 Å². The van der Waals surface area contributed by atoms with E-state index in [2.05, 4.69) is 5.32 Å². The van der Waals surface area contributed by atoms with Gasteiger partial charge in [0.2, 0.25) is 0 Å². The van der Waals surface area contributed by atoms with Crippen molar-refractivity contribution in [3.8, 4) is 0 Å². The number of carbonyl (C=O) groups is 1. The summed E-state index contributed by atoms with van der Waals surface area (Å²) in [7, 11) is 0. The van der Waals surface area contributed by atoms with Gasteiger partial charge in [-0.15, -0.1) is 0 Å².